The Morgan fingerprint density at radius 2 is 1.95 bits per heavy atom. The molecule has 1 aromatic carbocycles. The summed E-state index contributed by atoms with van der Waals surface area (Å²) in [7, 11) is 0. The number of carbonyl (C=O) groups is 1. The molecule has 0 saturated carbocycles. The minimum absolute atomic E-state index is 0.0945. The molecule has 1 fully saturated rings. The van der Waals surface area contributed by atoms with Crippen molar-refractivity contribution in [2.45, 2.75) is 26.3 Å². The Labute approximate surface area is 121 Å². The number of hydrogen-bond donors (Lipinski definition) is 1. The van der Waals surface area contributed by atoms with E-state index in [0.717, 1.165) is 31.9 Å². The van der Waals surface area contributed by atoms with Crippen molar-refractivity contribution in [2.24, 2.45) is 0 Å². The van der Waals surface area contributed by atoms with Gasteiger partial charge in [0.05, 0.1) is 32.2 Å². The Morgan fingerprint density at radius 3 is 2.55 bits per heavy atom. The van der Waals surface area contributed by atoms with Gasteiger partial charge in [0.15, 0.2) is 6.61 Å². The highest BCUT2D eigenvalue weighted by Crippen LogP contribution is 2.08. The number of nitrogens with zero attached hydrogens (tertiary/aromatic N) is 1. The van der Waals surface area contributed by atoms with Gasteiger partial charge in [-0.1, -0.05) is 25.1 Å². The van der Waals surface area contributed by atoms with E-state index in [2.05, 4.69) is 13.8 Å². The predicted molar refractivity (Wildman–Crippen MR) is 79.0 cm³/mol. The molecular weight excluding hydrogens is 252 g/mol. The molecule has 1 N–H and O–H groups in total. The number of carbonyl (C=O) groups excluding carboxylic acids is 1. The van der Waals surface area contributed by atoms with Crippen LogP contribution < -0.4 is 9.64 Å². The van der Waals surface area contributed by atoms with Gasteiger partial charge in [-0.3, -0.25) is 4.79 Å². The molecule has 4 nitrogen and oxygen atoms in total. The summed E-state index contributed by atoms with van der Waals surface area (Å²) in [5, 5.41) is 0. The first-order valence-electron chi connectivity index (χ1n) is 7.51. The van der Waals surface area contributed by atoms with E-state index >= 15 is 0 Å². The number of hydrogen-bond acceptors (Lipinski definition) is 2. The summed E-state index contributed by atoms with van der Waals surface area (Å²) in [6.45, 7) is 8.43. The monoisotopic (exact) mass is 277 g/mol. The first kappa shape index (κ1) is 14.9. The number of quaternary nitrogens is 1. The lowest BCUT2D eigenvalue weighted by Gasteiger charge is -2.35. The molecule has 0 bridgehead atoms. The van der Waals surface area contributed by atoms with Gasteiger partial charge in [-0.05, 0) is 25.5 Å². The lowest BCUT2D eigenvalue weighted by atomic mass is 10.2. The summed E-state index contributed by atoms with van der Waals surface area (Å²) in [5.74, 6) is 0.849. The van der Waals surface area contributed by atoms with E-state index in [1.807, 2.05) is 35.2 Å². The maximum Gasteiger partial charge on any atom is 0.260 e. The maximum absolute atomic E-state index is 12.1. The number of benzene rings is 1. The molecule has 0 aliphatic carbocycles. The molecule has 1 amide bonds. The number of rotatable bonds is 5. The summed E-state index contributed by atoms with van der Waals surface area (Å²) in [6.07, 6.45) is 1.19. The van der Waals surface area contributed by atoms with Gasteiger partial charge < -0.3 is 14.5 Å². The Bertz CT molecular complexity index is 414. The smallest absolute Gasteiger partial charge is 0.260 e. The fourth-order valence-electron chi connectivity index (χ4n) is 2.58. The Hall–Kier alpha value is -1.55. The standard InChI is InChI=1S/C16H24N2O2/c1-3-14(2)17-9-11-18(12-10-17)16(19)13-20-15-7-5-4-6-8-15/h4-8,14H,3,9-13H2,1-2H3/p+1. The zero-order chi connectivity index (χ0) is 14.4. The van der Waals surface area contributed by atoms with Crippen molar-refractivity contribution in [3.05, 3.63) is 30.3 Å². The number of para-hydroxylation sites is 1. The fraction of sp³-hybridized carbons (Fsp3) is 0.562. The van der Waals surface area contributed by atoms with Crippen molar-refractivity contribution in [3.8, 4) is 5.75 Å². The second-order valence-electron chi connectivity index (χ2n) is 5.45. The molecule has 1 aromatic rings. The van der Waals surface area contributed by atoms with Gasteiger partial charge in [0.2, 0.25) is 0 Å². The lowest BCUT2D eigenvalue weighted by molar-refractivity contribution is -0.927. The molecule has 0 aromatic heterocycles. The summed E-state index contributed by atoms with van der Waals surface area (Å²) in [4.78, 5) is 15.6. The van der Waals surface area contributed by atoms with Crippen LogP contribution in [0.15, 0.2) is 30.3 Å². The molecule has 0 spiro atoms. The topological polar surface area (TPSA) is 34.0 Å². The van der Waals surface area contributed by atoms with E-state index in [0.29, 0.717) is 6.04 Å². The van der Waals surface area contributed by atoms with E-state index in [9.17, 15) is 4.79 Å². The zero-order valence-electron chi connectivity index (χ0n) is 12.5. The summed E-state index contributed by atoms with van der Waals surface area (Å²) < 4.78 is 5.52. The number of piperazine rings is 1. The van der Waals surface area contributed by atoms with Gasteiger partial charge in [-0.2, -0.15) is 0 Å². The minimum atomic E-state index is 0.0945. The highest BCUT2D eigenvalue weighted by Gasteiger charge is 2.26. The van der Waals surface area contributed by atoms with E-state index < -0.39 is 0 Å². The average molecular weight is 277 g/mol. The summed E-state index contributed by atoms with van der Waals surface area (Å²) >= 11 is 0. The number of nitrogens with one attached hydrogen (secondary N) is 1. The van der Waals surface area contributed by atoms with Crippen LogP contribution in [0.2, 0.25) is 0 Å². The van der Waals surface area contributed by atoms with Crippen molar-refractivity contribution < 1.29 is 14.4 Å². The highest BCUT2D eigenvalue weighted by molar-refractivity contribution is 5.77. The summed E-state index contributed by atoms with van der Waals surface area (Å²) in [5.41, 5.74) is 0. The van der Waals surface area contributed by atoms with Crippen LogP contribution in [-0.4, -0.2) is 49.6 Å². The fourth-order valence-corrected chi connectivity index (χ4v) is 2.58. The zero-order valence-corrected chi connectivity index (χ0v) is 12.5. The first-order chi connectivity index (χ1) is 9.70. The van der Waals surface area contributed by atoms with Crippen LogP contribution in [0.5, 0.6) is 5.75 Å². The van der Waals surface area contributed by atoms with Crippen molar-refractivity contribution >= 4 is 5.91 Å². The Morgan fingerprint density at radius 1 is 1.30 bits per heavy atom. The van der Waals surface area contributed by atoms with E-state index in [1.54, 1.807) is 4.90 Å². The molecular formula is C16H25N2O2+. The van der Waals surface area contributed by atoms with Crippen LogP contribution in [0.3, 0.4) is 0 Å². The Balaban J connectivity index is 1.75. The van der Waals surface area contributed by atoms with E-state index in [1.165, 1.54) is 6.42 Å². The summed E-state index contributed by atoms with van der Waals surface area (Å²) in [6, 6.07) is 10.2. The minimum Gasteiger partial charge on any atom is -0.484 e. The van der Waals surface area contributed by atoms with Crippen molar-refractivity contribution in [1.29, 1.82) is 0 Å². The molecule has 20 heavy (non-hydrogen) atoms. The van der Waals surface area contributed by atoms with Crippen LogP contribution in [0.25, 0.3) is 0 Å². The second-order valence-corrected chi connectivity index (χ2v) is 5.45. The molecule has 4 heteroatoms. The van der Waals surface area contributed by atoms with Crippen molar-refractivity contribution in [1.82, 2.24) is 4.90 Å². The lowest BCUT2D eigenvalue weighted by Crippen LogP contribution is -3.17. The Kier molecular flexibility index (Phi) is 5.41. The van der Waals surface area contributed by atoms with Gasteiger partial charge >= 0.3 is 0 Å². The van der Waals surface area contributed by atoms with Crippen LogP contribution in [-0.2, 0) is 4.79 Å². The molecule has 1 atom stereocenters. The SMILES string of the molecule is CCC(C)[NH+]1CCN(C(=O)COc2ccccc2)CC1. The third kappa shape index (κ3) is 3.97. The predicted octanol–water partition coefficient (Wildman–Crippen LogP) is 0.591. The van der Waals surface area contributed by atoms with Gasteiger partial charge in [0.25, 0.3) is 5.91 Å². The molecule has 2 rings (SSSR count). The number of ether oxygens (including phenoxy) is 1. The third-order valence-corrected chi connectivity index (χ3v) is 4.17. The molecule has 1 aliphatic heterocycles. The van der Waals surface area contributed by atoms with Crippen LogP contribution in [0, 0.1) is 0 Å². The first-order valence-corrected chi connectivity index (χ1v) is 7.51. The molecule has 110 valence electrons. The molecule has 1 aliphatic rings. The largest absolute Gasteiger partial charge is 0.484 e. The van der Waals surface area contributed by atoms with Gasteiger partial charge in [0.1, 0.15) is 5.75 Å². The van der Waals surface area contributed by atoms with Crippen LogP contribution in [0.4, 0.5) is 0 Å². The maximum atomic E-state index is 12.1. The van der Waals surface area contributed by atoms with Crippen molar-refractivity contribution in [3.63, 3.8) is 0 Å². The van der Waals surface area contributed by atoms with Gasteiger partial charge in [-0.25, -0.2) is 0 Å². The molecule has 1 saturated heterocycles. The van der Waals surface area contributed by atoms with Gasteiger partial charge in [0, 0.05) is 0 Å². The van der Waals surface area contributed by atoms with E-state index in [4.69, 9.17) is 4.74 Å². The van der Waals surface area contributed by atoms with Gasteiger partial charge in [-0.15, -0.1) is 0 Å². The number of amides is 1. The van der Waals surface area contributed by atoms with Crippen LogP contribution >= 0.6 is 0 Å². The quantitative estimate of drug-likeness (QED) is 0.855. The second kappa shape index (κ2) is 7.29. The third-order valence-electron chi connectivity index (χ3n) is 4.17. The molecule has 1 unspecified atom stereocenters. The van der Waals surface area contributed by atoms with Crippen LogP contribution in [0.1, 0.15) is 20.3 Å². The normalized spacial score (nSPS) is 17.8. The molecule has 1 heterocycles. The average Bonchev–Trinajstić information content (AvgIpc) is 2.53. The van der Waals surface area contributed by atoms with Crippen molar-refractivity contribution in [2.75, 3.05) is 32.8 Å². The molecule has 0 radical (unpaired) electrons. The highest BCUT2D eigenvalue weighted by atomic mass is 16.5. The van der Waals surface area contributed by atoms with E-state index in [-0.39, 0.29) is 12.5 Å².